The molecule has 0 amide bonds. The maximum atomic E-state index is 5.65. The first-order chi connectivity index (χ1) is 8.34. The van der Waals surface area contributed by atoms with Crippen LogP contribution in [-0.4, -0.2) is 44.2 Å². The molecule has 1 N–H and O–H groups in total. The van der Waals surface area contributed by atoms with Gasteiger partial charge < -0.3 is 15.0 Å². The highest BCUT2D eigenvalue weighted by atomic mass is 16.5. The van der Waals surface area contributed by atoms with Crippen molar-refractivity contribution in [2.24, 2.45) is 0 Å². The van der Waals surface area contributed by atoms with E-state index < -0.39 is 0 Å². The van der Waals surface area contributed by atoms with Gasteiger partial charge in [0.25, 0.3) is 0 Å². The highest BCUT2D eigenvalue weighted by molar-refractivity contribution is 5.20. The molecule has 0 bridgehead atoms. The molecule has 2 rings (SSSR count). The molecule has 1 aliphatic heterocycles. The van der Waals surface area contributed by atoms with Gasteiger partial charge in [0.15, 0.2) is 0 Å². The summed E-state index contributed by atoms with van der Waals surface area (Å²) in [5.41, 5.74) is 0. The smallest absolute Gasteiger partial charge is 0.119 e. The van der Waals surface area contributed by atoms with Crippen LogP contribution in [0.4, 0.5) is 0 Å². The molecule has 1 aliphatic rings. The first kappa shape index (κ1) is 12.4. The maximum Gasteiger partial charge on any atom is 0.119 e. The number of hydrogen-bond acceptors (Lipinski definition) is 3. The highest BCUT2D eigenvalue weighted by Crippen LogP contribution is 2.09. The lowest BCUT2D eigenvalue weighted by Gasteiger charge is -2.29. The van der Waals surface area contributed by atoms with Gasteiger partial charge in [0, 0.05) is 12.6 Å². The molecule has 0 atom stereocenters. The minimum Gasteiger partial charge on any atom is -0.492 e. The third-order valence-electron chi connectivity index (χ3n) is 3.27. The van der Waals surface area contributed by atoms with Crippen LogP contribution in [0.1, 0.15) is 12.8 Å². The number of rotatable bonds is 5. The summed E-state index contributed by atoms with van der Waals surface area (Å²) in [5, 5.41) is 3.56. The average molecular weight is 234 g/mol. The Morgan fingerprint density at radius 1 is 1.24 bits per heavy atom. The van der Waals surface area contributed by atoms with Crippen molar-refractivity contribution in [1.82, 2.24) is 10.2 Å². The summed E-state index contributed by atoms with van der Waals surface area (Å²) in [5.74, 6) is 0.956. The van der Waals surface area contributed by atoms with Crippen molar-refractivity contribution in [2.75, 3.05) is 33.3 Å². The zero-order valence-electron chi connectivity index (χ0n) is 10.6. The normalized spacial score (nSPS) is 18.2. The van der Waals surface area contributed by atoms with Crippen LogP contribution in [-0.2, 0) is 0 Å². The zero-order chi connectivity index (χ0) is 11.9. The van der Waals surface area contributed by atoms with Crippen LogP contribution >= 0.6 is 0 Å². The van der Waals surface area contributed by atoms with E-state index in [0.717, 1.165) is 18.9 Å². The van der Waals surface area contributed by atoms with E-state index >= 15 is 0 Å². The lowest BCUT2D eigenvalue weighted by atomic mass is 10.1. The van der Waals surface area contributed by atoms with E-state index in [4.69, 9.17) is 4.74 Å². The first-order valence-electron chi connectivity index (χ1n) is 6.44. The van der Waals surface area contributed by atoms with Gasteiger partial charge in [-0.2, -0.15) is 0 Å². The topological polar surface area (TPSA) is 24.5 Å². The van der Waals surface area contributed by atoms with Crippen molar-refractivity contribution in [3.05, 3.63) is 30.3 Å². The summed E-state index contributed by atoms with van der Waals surface area (Å²) >= 11 is 0. The molecule has 1 heterocycles. The quantitative estimate of drug-likeness (QED) is 0.786. The number of ether oxygens (including phenoxy) is 1. The van der Waals surface area contributed by atoms with Crippen molar-refractivity contribution in [1.29, 1.82) is 0 Å². The predicted octanol–water partition coefficient (Wildman–Crippen LogP) is 1.75. The standard InChI is InChI=1S/C14H22N2O/c1-16-10-7-13(8-11-16)15-9-12-17-14-5-3-2-4-6-14/h2-6,13,15H,7-12H2,1H3. The van der Waals surface area contributed by atoms with Crippen LogP contribution < -0.4 is 10.1 Å². The molecule has 3 heteroatoms. The molecule has 1 fully saturated rings. The molecule has 0 unspecified atom stereocenters. The second kappa shape index (κ2) is 6.62. The van der Waals surface area contributed by atoms with Crippen LogP contribution in [0.15, 0.2) is 30.3 Å². The first-order valence-corrected chi connectivity index (χ1v) is 6.44. The maximum absolute atomic E-state index is 5.65. The fourth-order valence-corrected chi connectivity index (χ4v) is 2.16. The Labute approximate surface area is 104 Å². The SMILES string of the molecule is CN1CCC(NCCOc2ccccc2)CC1. The number of benzene rings is 1. The van der Waals surface area contributed by atoms with Gasteiger partial charge in [-0.3, -0.25) is 0 Å². The van der Waals surface area contributed by atoms with E-state index in [2.05, 4.69) is 17.3 Å². The van der Waals surface area contributed by atoms with E-state index in [1.165, 1.54) is 25.9 Å². The molecule has 94 valence electrons. The Morgan fingerprint density at radius 3 is 2.65 bits per heavy atom. The van der Waals surface area contributed by atoms with Crippen molar-refractivity contribution in [2.45, 2.75) is 18.9 Å². The van der Waals surface area contributed by atoms with E-state index in [9.17, 15) is 0 Å². The molecule has 0 saturated carbocycles. The molecular formula is C14H22N2O. The molecule has 0 spiro atoms. The van der Waals surface area contributed by atoms with E-state index in [0.29, 0.717) is 6.04 Å². The molecule has 1 saturated heterocycles. The van der Waals surface area contributed by atoms with Crippen LogP contribution in [0, 0.1) is 0 Å². The molecule has 3 nitrogen and oxygen atoms in total. The van der Waals surface area contributed by atoms with Crippen LogP contribution in [0.2, 0.25) is 0 Å². The van der Waals surface area contributed by atoms with E-state index in [1.807, 2.05) is 30.3 Å². The van der Waals surface area contributed by atoms with Gasteiger partial charge in [-0.1, -0.05) is 18.2 Å². The molecule has 0 aliphatic carbocycles. The lowest BCUT2D eigenvalue weighted by molar-refractivity contribution is 0.224. The van der Waals surface area contributed by atoms with Crippen molar-refractivity contribution in [3.8, 4) is 5.75 Å². The summed E-state index contributed by atoms with van der Waals surface area (Å²) in [6.45, 7) is 4.09. The second-order valence-corrected chi connectivity index (χ2v) is 4.69. The van der Waals surface area contributed by atoms with E-state index in [1.54, 1.807) is 0 Å². The Balaban J connectivity index is 1.57. The largest absolute Gasteiger partial charge is 0.492 e. The third-order valence-corrected chi connectivity index (χ3v) is 3.27. The van der Waals surface area contributed by atoms with Crippen molar-refractivity contribution >= 4 is 0 Å². The number of nitrogens with zero attached hydrogens (tertiary/aromatic N) is 1. The summed E-state index contributed by atoms with van der Waals surface area (Å²) in [7, 11) is 2.19. The Bertz CT molecular complexity index is 307. The molecule has 17 heavy (non-hydrogen) atoms. The predicted molar refractivity (Wildman–Crippen MR) is 70.5 cm³/mol. The summed E-state index contributed by atoms with van der Waals surface area (Å²) in [6.07, 6.45) is 2.50. The van der Waals surface area contributed by atoms with Gasteiger partial charge in [-0.05, 0) is 45.1 Å². The van der Waals surface area contributed by atoms with Gasteiger partial charge in [-0.15, -0.1) is 0 Å². The minimum absolute atomic E-state index is 0.672. The number of hydrogen-bond donors (Lipinski definition) is 1. The van der Waals surface area contributed by atoms with Gasteiger partial charge in [0.05, 0.1) is 0 Å². The average Bonchev–Trinajstić information content (AvgIpc) is 2.38. The molecular weight excluding hydrogens is 212 g/mol. The van der Waals surface area contributed by atoms with Gasteiger partial charge in [0.2, 0.25) is 0 Å². The highest BCUT2D eigenvalue weighted by Gasteiger charge is 2.15. The Morgan fingerprint density at radius 2 is 1.94 bits per heavy atom. The van der Waals surface area contributed by atoms with Crippen LogP contribution in [0.25, 0.3) is 0 Å². The Hall–Kier alpha value is -1.06. The fourth-order valence-electron chi connectivity index (χ4n) is 2.16. The zero-order valence-corrected chi connectivity index (χ0v) is 10.6. The van der Waals surface area contributed by atoms with Gasteiger partial charge in [0.1, 0.15) is 12.4 Å². The van der Waals surface area contributed by atoms with Gasteiger partial charge in [-0.25, -0.2) is 0 Å². The monoisotopic (exact) mass is 234 g/mol. The third kappa shape index (κ3) is 4.36. The van der Waals surface area contributed by atoms with Crippen LogP contribution in [0.3, 0.4) is 0 Å². The second-order valence-electron chi connectivity index (χ2n) is 4.69. The summed E-state index contributed by atoms with van der Waals surface area (Å²) < 4.78 is 5.65. The van der Waals surface area contributed by atoms with Crippen LogP contribution in [0.5, 0.6) is 5.75 Å². The van der Waals surface area contributed by atoms with E-state index in [-0.39, 0.29) is 0 Å². The molecule has 0 radical (unpaired) electrons. The fraction of sp³-hybridized carbons (Fsp3) is 0.571. The summed E-state index contributed by atoms with van der Waals surface area (Å²) in [4.78, 5) is 2.39. The molecule has 1 aromatic carbocycles. The number of para-hydroxylation sites is 1. The number of nitrogens with one attached hydrogen (secondary N) is 1. The van der Waals surface area contributed by atoms with Crippen molar-refractivity contribution in [3.63, 3.8) is 0 Å². The minimum atomic E-state index is 0.672. The Kier molecular flexibility index (Phi) is 4.83. The molecule has 1 aromatic rings. The number of piperidine rings is 1. The van der Waals surface area contributed by atoms with Crippen molar-refractivity contribution < 1.29 is 4.74 Å². The molecule has 0 aromatic heterocycles. The summed E-state index contributed by atoms with van der Waals surface area (Å²) in [6, 6.07) is 10.7. The number of likely N-dealkylation sites (tertiary alicyclic amines) is 1. The lowest BCUT2D eigenvalue weighted by Crippen LogP contribution is -2.42. The van der Waals surface area contributed by atoms with Gasteiger partial charge >= 0.3 is 0 Å².